The molecule has 0 saturated carbocycles. The Balaban J connectivity index is 1.68. The molecule has 0 saturated heterocycles. The molecule has 0 radical (unpaired) electrons. The van der Waals surface area contributed by atoms with Gasteiger partial charge in [0, 0.05) is 12.1 Å². The summed E-state index contributed by atoms with van der Waals surface area (Å²) < 4.78 is 29.4. The first kappa shape index (κ1) is 24.8. The van der Waals surface area contributed by atoms with E-state index >= 15 is 0 Å². The highest BCUT2D eigenvalue weighted by Gasteiger charge is 2.35. The zero-order chi connectivity index (χ0) is 24.4. The van der Waals surface area contributed by atoms with Gasteiger partial charge in [0.15, 0.2) is 9.84 Å². The molecule has 3 rings (SSSR count). The second-order valence-corrected chi connectivity index (χ2v) is 11.5. The van der Waals surface area contributed by atoms with Crippen LogP contribution in [0.2, 0.25) is 0 Å². The molecule has 2 amide bonds. The van der Waals surface area contributed by atoms with Gasteiger partial charge in [-0.25, -0.2) is 13.2 Å². The number of ether oxygens (including phenoxy) is 1. The lowest BCUT2D eigenvalue weighted by Gasteiger charge is -2.28. The Morgan fingerprint density at radius 1 is 1.09 bits per heavy atom. The molecule has 7 nitrogen and oxygen atoms in total. The summed E-state index contributed by atoms with van der Waals surface area (Å²) in [6, 6.07) is 12.0. The van der Waals surface area contributed by atoms with Gasteiger partial charge in [0.05, 0.1) is 23.2 Å². The van der Waals surface area contributed by atoms with E-state index < -0.39 is 15.4 Å². The fraction of sp³-hybridized carbons (Fsp3) is 0.440. The van der Waals surface area contributed by atoms with Crippen LogP contribution in [0.1, 0.15) is 74.1 Å². The van der Waals surface area contributed by atoms with Crippen LogP contribution in [0.4, 0.5) is 4.79 Å². The van der Waals surface area contributed by atoms with E-state index in [4.69, 9.17) is 4.74 Å². The Bertz CT molecular complexity index is 1130. The van der Waals surface area contributed by atoms with Crippen molar-refractivity contribution in [2.45, 2.75) is 70.7 Å². The summed E-state index contributed by atoms with van der Waals surface area (Å²) in [6.07, 6.45) is 0.395. The van der Waals surface area contributed by atoms with Crippen LogP contribution in [0.5, 0.6) is 0 Å². The Morgan fingerprint density at radius 2 is 1.76 bits per heavy atom. The van der Waals surface area contributed by atoms with Crippen molar-refractivity contribution >= 4 is 21.8 Å². The molecule has 1 aliphatic rings. The number of carbonyl (C=O) groups excluding carboxylic acids is 2. The molecule has 1 atom stereocenters. The van der Waals surface area contributed by atoms with E-state index in [2.05, 4.69) is 5.32 Å². The van der Waals surface area contributed by atoms with Gasteiger partial charge in [0.25, 0.3) is 5.91 Å². The van der Waals surface area contributed by atoms with Gasteiger partial charge in [-0.2, -0.15) is 0 Å². The summed E-state index contributed by atoms with van der Waals surface area (Å²) in [7, 11) is -3.25. The zero-order valence-corrected chi connectivity index (χ0v) is 20.7. The molecule has 0 aliphatic carbocycles. The molecule has 1 heterocycles. The van der Waals surface area contributed by atoms with E-state index in [9.17, 15) is 18.0 Å². The number of amides is 2. The maximum Gasteiger partial charge on any atom is 0.411 e. The number of nitrogens with zero attached hydrogens (tertiary/aromatic N) is 1. The van der Waals surface area contributed by atoms with Gasteiger partial charge in [-0.05, 0) is 68.1 Å². The molecule has 1 N–H and O–H groups in total. The molecule has 2 aromatic rings. The molecular weight excluding hydrogens is 440 g/mol. The van der Waals surface area contributed by atoms with E-state index in [0.29, 0.717) is 12.1 Å². The van der Waals surface area contributed by atoms with E-state index in [-0.39, 0.29) is 35.2 Å². The molecule has 0 aromatic heterocycles. The highest BCUT2D eigenvalue weighted by atomic mass is 32.2. The maximum atomic E-state index is 12.7. The van der Waals surface area contributed by atoms with Crippen molar-refractivity contribution in [3.8, 4) is 0 Å². The molecule has 178 valence electrons. The number of hydrogen-bond acceptors (Lipinski definition) is 5. The first-order valence-corrected chi connectivity index (χ1v) is 12.8. The predicted octanol–water partition coefficient (Wildman–Crippen LogP) is 4.61. The smallest absolute Gasteiger partial charge is 0.411 e. The summed E-state index contributed by atoms with van der Waals surface area (Å²) >= 11 is 0. The van der Waals surface area contributed by atoms with Crippen molar-refractivity contribution in [3.63, 3.8) is 0 Å². The highest BCUT2D eigenvalue weighted by Crippen LogP contribution is 2.37. The third kappa shape index (κ3) is 5.74. The predicted molar refractivity (Wildman–Crippen MR) is 127 cm³/mol. The summed E-state index contributed by atoms with van der Waals surface area (Å²) in [5, 5.41) is 2.88. The van der Waals surface area contributed by atoms with Gasteiger partial charge in [-0.3, -0.25) is 9.69 Å². The minimum atomic E-state index is -3.25. The van der Waals surface area contributed by atoms with Gasteiger partial charge in [0.1, 0.15) is 5.60 Å². The number of hydrogen-bond donors (Lipinski definition) is 1. The second kappa shape index (κ2) is 9.55. The lowest BCUT2D eigenvalue weighted by molar-refractivity contribution is 0.0168. The highest BCUT2D eigenvalue weighted by molar-refractivity contribution is 7.91. The molecule has 0 spiro atoms. The SMILES string of the molecule is CC[C@H]1c2ccc(C(=O)NCc3ccc(S(=O)(=O)CC)cc3)cc2CN1C(=O)OC(C)(C)C. The number of sulfone groups is 1. The standard InChI is InChI=1S/C25H32N2O5S/c1-6-22-21-13-10-18(14-19(21)16-27(22)24(29)32-25(3,4)5)23(28)26-15-17-8-11-20(12-9-17)33(30,31)7-2/h8-14,22H,6-7,15-16H2,1-5H3,(H,26,28)/t22-/m0/s1. The van der Waals surface area contributed by atoms with Crippen LogP contribution in [-0.4, -0.2) is 36.7 Å². The van der Waals surface area contributed by atoms with Crippen molar-refractivity contribution < 1.29 is 22.7 Å². The van der Waals surface area contributed by atoms with Crippen molar-refractivity contribution in [2.75, 3.05) is 5.75 Å². The maximum absolute atomic E-state index is 12.7. The third-order valence-electron chi connectivity index (χ3n) is 5.61. The lowest BCUT2D eigenvalue weighted by atomic mass is 10.0. The molecule has 0 bridgehead atoms. The quantitative estimate of drug-likeness (QED) is 0.663. The van der Waals surface area contributed by atoms with Gasteiger partial charge in [-0.1, -0.05) is 32.0 Å². The summed E-state index contributed by atoms with van der Waals surface area (Å²) in [4.78, 5) is 27.4. The first-order valence-electron chi connectivity index (χ1n) is 11.2. The summed E-state index contributed by atoms with van der Waals surface area (Å²) in [5.41, 5.74) is 2.72. The molecule has 0 fully saturated rings. The fourth-order valence-electron chi connectivity index (χ4n) is 3.89. The van der Waals surface area contributed by atoms with Crippen LogP contribution in [0.3, 0.4) is 0 Å². The average Bonchev–Trinajstić information content (AvgIpc) is 3.14. The Labute approximate surface area is 196 Å². The second-order valence-electron chi connectivity index (χ2n) is 9.18. The number of nitrogens with one attached hydrogen (secondary N) is 1. The van der Waals surface area contributed by atoms with Gasteiger partial charge in [0.2, 0.25) is 0 Å². The third-order valence-corrected chi connectivity index (χ3v) is 7.36. The van der Waals surface area contributed by atoms with Gasteiger partial charge >= 0.3 is 6.09 Å². The van der Waals surface area contributed by atoms with E-state index in [1.807, 2.05) is 39.8 Å². The van der Waals surface area contributed by atoms with Crippen LogP contribution in [-0.2, 0) is 27.7 Å². The topological polar surface area (TPSA) is 92.8 Å². The Kier molecular flexibility index (Phi) is 7.17. The molecule has 8 heteroatoms. The van der Waals surface area contributed by atoms with Crippen molar-refractivity contribution in [1.29, 1.82) is 0 Å². The number of fused-ring (bicyclic) bond motifs is 1. The van der Waals surface area contributed by atoms with Crippen LogP contribution in [0.25, 0.3) is 0 Å². The van der Waals surface area contributed by atoms with Crippen molar-refractivity contribution in [1.82, 2.24) is 10.2 Å². The Hall–Kier alpha value is -2.87. The first-order chi connectivity index (χ1) is 15.4. The minimum Gasteiger partial charge on any atom is -0.444 e. The monoisotopic (exact) mass is 472 g/mol. The number of carbonyl (C=O) groups is 2. The largest absolute Gasteiger partial charge is 0.444 e. The van der Waals surface area contributed by atoms with E-state index in [0.717, 1.165) is 23.1 Å². The number of rotatable bonds is 6. The molecule has 1 aliphatic heterocycles. The van der Waals surface area contributed by atoms with Crippen molar-refractivity contribution in [3.05, 3.63) is 64.7 Å². The van der Waals surface area contributed by atoms with Crippen LogP contribution < -0.4 is 5.32 Å². The summed E-state index contributed by atoms with van der Waals surface area (Å²) in [6.45, 7) is 9.83. The summed E-state index contributed by atoms with van der Waals surface area (Å²) in [5.74, 6) is -0.183. The van der Waals surface area contributed by atoms with Gasteiger partial charge < -0.3 is 10.1 Å². The minimum absolute atomic E-state index is 0.0473. The van der Waals surface area contributed by atoms with Crippen molar-refractivity contribution in [2.24, 2.45) is 0 Å². The normalized spacial score (nSPS) is 15.8. The zero-order valence-electron chi connectivity index (χ0n) is 19.8. The Morgan fingerprint density at radius 3 is 2.33 bits per heavy atom. The van der Waals surface area contributed by atoms with Gasteiger partial charge in [-0.15, -0.1) is 0 Å². The molecule has 33 heavy (non-hydrogen) atoms. The van der Waals surface area contributed by atoms with E-state index in [1.54, 1.807) is 42.2 Å². The molecule has 0 unspecified atom stereocenters. The average molecular weight is 473 g/mol. The molecule has 2 aromatic carbocycles. The lowest BCUT2D eigenvalue weighted by Crippen LogP contribution is -2.35. The number of benzene rings is 2. The van der Waals surface area contributed by atoms with Crippen LogP contribution in [0.15, 0.2) is 47.4 Å². The van der Waals surface area contributed by atoms with Crippen LogP contribution in [0, 0.1) is 0 Å². The van der Waals surface area contributed by atoms with Crippen LogP contribution >= 0.6 is 0 Å². The van der Waals surface area contributed by atoms with E-state index in [1.165, 1.54) is 0 Å². The fourth-order valence-corrected chi connectivity index (χ4v) is 4.77. The molecular formula is C25H32N2O5S.